The first kappa shape index (κ1) is 27.2. The maximum Gasteiger partial charge on any atom is 0.215 e. The van der Waals surface area contributed by atoms with Gasteiger partial charge in [0, 0.05) is 13.1 Å². The van der Waals surface area contributed by atoms with Crippen molar-refractivity contribution in [3.8, 4) is 0 Å². The summed E-state index contributed by atoms with van der Waals surface area (Å²) in [6.45, 7) is 6.28. The van der Waals surface area contributed by atoms with Gasteiger partial charge in [0.25, 0.3) is 0 Å². The number of guanidine groups is 2. The summed E-state index contributed by atoms with van der Waals surface area (Å²) in [6.07, 6.45) is 12.4. The molecular weight excluding hydrogens is 333 g/mol. The first-order chi connectivity index (χ1) is 10.1. The van der Waals surface area contributed by atoms with Gasteiger partial charge in [0.15, 0.2) is 5.96 Å². The summed E-state index contributed by atoms with van der Waals surface area (Å²) in [5.74, 6) is 0.183. The smallest absolute Gasteiger partial charge is 0.215 e. The molecule has 5 nitrogen and oxygen atoms in total. The van der Waals surface area contributed by atoms with Crippen LogP contribution in [0, 0.1) is 5.41 Å². The van der Waals surface area contributed by atoms with Crippen LogP contribution in [-0.2, 0) is 0 Å². The number of nitrogens with zero attached hydrogens (tertiary/aromatic N) is 2. The highest BCUT2D eigenvalue weighted by molar-refractivity contribution is 5.91. The van der Waals surface area contributed by atoms with Crippen molar-refractivity contribution in [3.05, 3.63) is 0 Å². The Balaban J connectivity index is -0.00000200. The van der Waals surface area contributed by atoms with Gasteiger partial charge in [-0.2, -0.15) is 4.99 Å². The van der Waals surface area contributed by atoms with Crippen molar-refractivity contribution < 1.29 is 0 Å². The molecule has 0 aromatic rings. The summed E-state index contributed by atoms with van der Waals surface area (Å²) >= 11 is 0. The van der Waals surface area contributed by atoms with Gasteiger partial charge in [-0.15, -0.1) is 24.8 Å². The van der Waals surface area contributed by atoms with Crippen molar-refractivity contribution in [1.29, 1.82) is 5.41 Å². The Hall–Kier alpha value is -0.680. The van der Waals surface area contributed by atoms with Crippen LogP contribution >= 0.6 is 24.8 Å². The molecule has 0 aliphatic carbocycles. The Bertz CT molecular complexity index is 284. The molecule has 140 valence electrons. The first-order valence-electron chi connectivity index (χ1n) is 8.54. The van der Waals surface area contributed by atoms with Crippen LogP contribution in [0.5, 0.6) is 0 Å². The lowest BCUT2D eigenvalue weighted by Crippen LogP contribution is -2.40. The lowest BCUT2D eigenvalue weighted by atomic mass is 10.1. The third-order valence-electron chi connectivity index (χ3n) is 3.62. The first-order valence-corrected chi connectivity index (χ1v) is 8.54. The van der Waals surface area contributed by atoms with E-state index in [0.717, 1.165) is 25.9 Å². The third kappa shape index (κ3) is 17.5. The number of hydrogen-bond donors (Lipinski definition) is 3. The van der Waals surface area contributed by atoms with Gasteiger partial charge in [0.1, 0.15) is 0 Å². The van der Waals surface area contributed by atoms with Crippen LogP contribution in [-0.4, -0.2) is 29.9 Å². The van der Waals surface area contributed by atoms with Crippen molar-refractivity contribution in [3.63, 3.8) is 0 Å². The number of aliphatic imine (C=N–C) groups is 1. The van der Waals surface area contributed by atoms with Gasteiger partial charge < -0.3 is 16.4 Å². The Morgan fingerprint density at radius 1 is 0.783 bits per heavy atom. The fourth-order valence-electron chi connectivity index (χ4n) is 2.35. The number of rotatable bonds is 12. The molecule has 0 aliphatic heterocycles. The van der Waals surface area contributed by atoms with Crippen LogP contribution in [0.4, 0.5) is 0 Å². The highest BCUT2D eigenvalue weighted by atomic mass is 35.5. The highest BCUT2D eigenvalue weighted by Gasteiger charge is 2.08. The minimum Gasteiger partial charge on any atom is -0.369 e. The molecule has 0 fully saturated rings. The SMILES string of the molecule is CCCCCCCN(CCCCCCC)C(N)=NC(=N)N.Cl.Cl. The summed E-state index contributed by atoms with van der Waals surface area (Å²) in [4.78, 5) is 5.97. The molecule has 0 aromatic carbocycles. The van der Waals surface area contributed by atoms with E-state index in [4.69, 9.17) is 16.9 Å². The maximum absolute atomic E-state index is 7.24. The molecular formula is C16H37Cl2N5. The van der Waals surface area contributed by atoms with Crippen molar-refractivity contribution in [2.24, 2.45) is 16.5 Å². The second kappa shape index (κ2) is 19.4. The largest absolute Gasteiger partial charge is 0.369 e. The van der Waals surface area contributed by atoms with Gasteiger partial charge in [0.2, 0.25) is 5.96 Å². The van der Waals surface area contributed by atoms with Crippen LogP contribution < -0.4 is 11.5 Å². The van der Waals surface area contributed by atoms with Crippen LogP contribution in [0.2, 0.25) is 0 Å². The molecule has 0 radical (unpaired) electrons. The third-order valence-corrected chi connectivity index (χ3v) is 3.62. The molecule has 0 aliphatic rings. The van der Waals surface area contributed by atoms with Gasteiger partial charge in [-0.3, -0.25) is 5.41 Å². The van der Waals surface area contributed by atoms with E-state index in [-0.39, 0.29) is 30.8 Å². The normalized spacial score (nSPS) is 10.6. The van der Waals surface area contributed by atoms with Gasteiger partial charge in [-0.05, 0) is 12.8 Å². The quantitative estimate of drug-likeness (QED) is 0.272. The zero-order valence-corrected chi connectivity index (χ0v) is 16.5. The molecule has 0 unspecified atom stereocenters. The van der Waals surface area contributed by atoms with E-state index < -0.39 is 0 Å². The van der Waals surface area contributed by atoms with Crippen LogP contribution in [0.15, 0.2) is 4.99 Å². The molecule has 7 heteroatoms. The summed E-state index contributed by atoms with van der Waals surface area (Å²) in [6, 6.07) is 0. The summed E-state index contributed by atoms with van der Waals surface area (Å²) in [5, 5.41) is 7.24. The Kier molecular flexibility index (Phi) is 22.9. The minimum atomic E-state index is -0.213. The number of unbranched alkanes of at least 4 members (excludes halogenated alkanes) is 8. The maximum atomic E-state index is 7.24. The monoisotopic (exact) mass is 369 g/mol. The summed E-state index contributed by atoms with van der Waals surface area (Å²) in [7, 11) is 0. The number of nitrogens with one attached hydrogen (secondary N) is 1. The lowest BCUT2D eigenvalue weighted by molar-refractivity contribution is 0.382. The Morgan fingerprint density at radius 3 is 1.52 bits per heavy atom. The van der Waals surface area contributed by atoms with Crippen molar-refractivity contribution in [2.75, 3.05) is 13.1 Å². The number of halogens is 2. The zero-order valence-electron chi connectivity index (χ0n) is 14.9. The van der Waals surface area contributed by atoms with E-state index in [1.807, 2.05) is 0 Å². The molecule has 0 bridgehead atoms. The summed E-state index contributed by atoms with van der Waals surface area (Å²) in [5.41, 5.74) is 11.3. The van der Waals surface area contributed by atoms with E-state index in [1.54, 1.807) is 0 Å². The standard InChI is InChI=1S/C16H35N5.2ClH/c1-3-5-7-9-11-13-21(16(19)20-15(17)18)14-12-10-8-6-4-2;;/h3-14H2,1-2H3,(H5,17,18,19,20);2*1H. The highest BCUT2D eigenvalue weighted by Crippen LogP contribution is 2.07. The van der Waals surface area contributed by atoms with Gasteiger partial charge in [-0.25, -0.2) is 0 Å². The lowest BCUT2D eigenvalue weighted by Gasteiger charge is -2.23. The molecule has 23 heavy (non-hydrogen) atoms. The molecule has 5 N–H and O–H groups in total. The zero-order chi connectivity index (χ0) is 15.9. The van der Waals surface area contributed by atoms with Crippen LogP contribution in [0.3, 0.4) is 0 Å². The molecule has 0 amide bonds. The number of hydrogen-bond acceptors (Lipinski definition) is 1. The van der Waals surface area contributed by atoms with Crippen molar-refractivity contribution >= 4 is 36.7 Å². The van der Waals surface area contributed by atoms with E-state index in [1.165, 1.54) is 51.4 Å². The van der Waals surface area contributed by atoms with Gasteiger partial charge >= 0.3 is 0 Å². The predicted octanol–water partition coefficient (Wildman–Crippen LogP) is 4.28. The number of nitrogens with two attached hydrogens (primary N) is 2. The minimum absolute atomic E-state index is 0. The fourth-order valence-corrected chi connectivity index (χ4v) is 2.35. The topological polar surface area (TPSA) is 91.5 Å². The van der Waals surface area contributed by atoms with Gasteiger partial charge in [0.05, 0.1) is 0 Å². The van der Waals surface area contributed by atoms with E-state index in [0.29, 0.717) is 5.96 Å². The predicted molar refractivity (Wildman–Crippen MR) is 107 cm³/mol. The van der Waals surface area contributed by atoms with Gasteiger partial charge in [-0.1, -0.05) is 65.2 Å². The van der Waals surface area contributed by atoms with Crippen LogP contribution in [0.25, 0.3) is 0 Å². The molecule has 0 heterocycles. The second-order valence-electron chi connectivity index (χ2n) is 5.67. The van der Waals surface area contributed by atoms with Crippen LogP contribution in [0.1, 0.15) is 78.1 Å². The molecule has 0 rings (SSSR count). The fraction of sp³-hybridized carbons (Fsp3) is 0.875. The van der Waals surface area contributed by atoms with E-state index >= 15 is 0 Å². The Morgan fingerprint density at radius 2 is 1.17 bits per heavy atom. The Labute approximate surface area is 155 Å². The molecule has 0 saturated carbocycles. The second-order valence-corrected chi connectivity index (χ2v) is 5.67. The van der Waals surface area contributed by atoms with Crippen molar-refractivity contribution in [1.82, 2.24) is 4.90 Å². The average molecular weight is 370 g/mol. The van der Waals surface area contributed by atoms with Crippen molar-refractivity contribution in [2.45, 2.75) is 78.1 Å². The van der Waals surface area contributed by atoms with E-state index in [9.17, 15) is 0 Å². The molecule has 0 aromatic heterocycles. The molecule has 0 saturated heterocycles. The molecule has 0 spiro atoms. The van der Waals surface area contributed by atoms with E-state index in [2.05, 4.69) is 23.7 Å². The summed E-state index contributed by atoms with van der Waals surface area (Å²) < 4.78 is 0. The molecule has 0 atom stereocenters. The average Bonchev–Trinajstić information content (AvgIpc) is 2.43.